The first-order chi connectivity index (χ1) is 11.9. The molecule has 2 aromatic rings. The van der Waals surface area contributed by atoms with Crippen molar-refractivity contribution in [3.63, 3.8) is 0 Å². The third kappa shape index (κ3) is 3.58. The van der Waals surface area contributed by atoms with Gasteiger partial charge >= 0.3 is 0 Å². The van der Waals surface area contributed by atoms with E-state index in [2.05, 4.69) is 25.5 Å². The van der Waals surface area contributed by atoms with Crippen molar-refractivity contribution >= 4 is 11.6 Å². The minimum absolute atomic E-state index is 0.0399. The van der Waals surface area contributed by atoms with Gasteiger partial charge in [0.2, 0.25) is 11.8 Å². The fourth-order valence-corrected chi connectivity index (χ4v) is 3.24. The number of rotatable bonds is 5. The Morgan fingerprint density at radius 2 is 2.16 bits per heavy atom. The summed E-state index contributed by atoms with van der Waals surface area (Å²) < 4.78 is 7.10. The predicted molar refractivity (Wildman–Crippen MR) is 93.2 cm³/mol. The molecule has 0 saturated carbocycles. The van der Waals surface area contributed by atoms with E-state index in [1.807, 2.05) is 34.7 Å². The highest BCUT2D eigenvalue weighted by molar-refractivity contribution is 5.93. The van der Waals surface area contributed by atoms with E-state index >= 15 is 0 Å². The molecule has 1 aliphatic rings. The maximum atomic E-state index is 12.5. The third-order valence-corrected chi connectivity index (χ3v) is 4.73. The van der Waals surface area contributed by atoms with E-state index in [4.69, 9.17) is 4.52 Å². The molecular weight excluding hydrogens is 320 g/mol. The van der Waals surface area contributed by atoms with E-state index in [1.54, 1.807) is 4.68 Å². The summed E-state index contributed by atoms with van der Waals surface area (Å²) in [6, 6.07) is 0.0399. The Morgan fingerprint density at radius 1 is 1.40 bits per heavy atom. The second-order valence-corrected chi connectivity index (χ2v) is 6.99. The molecule has 0 spiro atoms. The van der Waals surface area contributed by atoms with Gasteiger partial charge in [0.1, 0.15) is 0 Å². The van der Waals surface area contributed by atoms with E-state index in [0.717, 1.165) is 36.5 Å². The lowest BCUT2D eigenvalue weighted by atomic mass is 10.2. The molecule has 0 aliphatic carbocycles. The van der Waals surface area contributed by atoms with Crippen molar-refractivity contribution in [3.05, 3.63) is 23.1 Å². The molecule has 3 heterocycles. The summed E-state index contributed by atoms with van der Waals surface area (Å²) in [7, 11) is 1.87. The van der Waals surface area contributed by atoms with Gasteiger partial charge in [0, 0.05) is 13.0 Å². The summed E-state index contributed by atoms with van der Waals surface area (Å²) in [5.74, 6) is 1.49. The quantitative estimate of drug-likeness (QED) is 0.894. The van der Waals surface area contributed by atoms with E-state index in [9.17, 15) is 4.79 Å². The van der Waals surface area contributed by atoms with Crippen LogP contribution >= 0.6 is 0 Å². The summed E-state index contributed by atoms with van der Waals surface area (Å²) >= 11 is 0. The van der Waals surface area contributed by atoms with Gasteiger partial charge < -0.3 is 9.84 Å². The van der Waals surface area contributed by atoms with Gasteiger partial charge in [-0.2, -0.15) is 10.1 Å². The summed E-state index contributed by atoms with van der Waals surface area (Å²) in [6.45, 7) is 9.05. The first kappa shape index (κ1) is 17.6. The van der Waals surface area contributed by atoms with E-state index in [0.29, 0.717) is 18.3 Å². The van der Waals surface area contributed by atoms with Gasteiger partial charge in [-0.25, -0.2) is 0 Å². The highest BCUT2D eigenvalue weighted by atomic mass is 16.5. The van der Waals surface area contributed by atoms with Crippen LogP contribution in [0.25, 0.3) is 0 Å². The van der Waals surface area contributed by atoms with Gasteiger partial charge in [0.05, 0.1) is 29.7 Å². The van der Waals surface area contributed by atoms with Crippen LogP contribution in [0.2, 0.25) is 0 Å². The smallest absolute Gasteiger partial charge is 0.238 e. The van der Waals surface area contributed by atoms with Crippen LogP contribution in [-0.2, 0) is 11.8 Å². The normalized spacial score (nSPS) is 18.2. The van der Waals surface area contributed by atoms with Crippen molar-refractivity contribution in [2.24, 2.45) is 7.05 Å². The van der Waals surface area contributed by atoms with Crippen LogP contribution in [0.3, 0.4) is 0 Å². The number of hydrogen-bond acceptors (Lipinski definition) is 6. The SMILES string of the molecule is Cc1nn(C)c(C)c1NC(=O)CN1CCCC1c1noc(C(C)C)n1. The van der Waals surface area contributed by atoms with Crippen LogP contribution in [0.15, 0.2) is 4.52 Å². The molecular formula is C17H26N6O2. The monoisotopic (exact) mass is 346 g/mol. The van der Waals surface area contributed by atoms with Gasteiger partial charge in [-0.15, -0.1) is 0 Å². The molecule has 0 radical (unpaired) electrons. The molecule has 25 heavy (non-hydrogen) atoms. The van der Waals surface area contributed by atoms with Crippen molar-refractivity contribution in [1.29, 1.82) is 0 Å². The van der Waals surface area contributed by atoms with E-state index < -0.39 is 0 Å². The number of anilines is 1. The Labute approximate surface area is 147 Å². The average Bonchev–Trinajstić information content (AvgIpc) is 3.24. The molecule has 0 aromatic carbocycles. The summed E-state index contributed by atoms with van der Waals surface area (Å²) in [4.78, 5) is 19.1. The molecule has 136 valence electrons. The molecule has 3 rings (SSSR count). The number of amides is 1. The lowest BCUT2D eigenvalue weighted by Gasteiger charge is -2.21. The standard InChI is InChI=1S/C17H26N6O2/c1-10(2)17-19-16(21-25-17)13-7-6-8-23(13)9-14(24)18-15-11(3)20-22(5)12(15)4/h10,13H,6-9H2,1-5H3,(H,18,24). The number of nitrogens with one attached hydrogen (secondary N) is 1. The Hall–Kier alpha value is -2.22. The van der Waals surface area contributed by atoms with Crippen LogP contribution in [0.1, 0.15) is 61.8 Å². The molecule has 1 fully saturated rings. The molecule has 1 N–H and O–H groups in total. The van der Waals surface area contributed by atoms with Crippen molar-refractivity contribution in [1.82, 2.24) is 24.8 Å². The number of likely N-dealkylation sites (tertiary alicyclic amines) is 1. The highest BCUT2D eigenvalue weighted by Crippen LogP contribution is 2.30. The van der Waals surface area contributed by atoms with Gasteiger partial charge in [-0.05, 0) is 33.2 Å². The molecule has 1 atom stereocenters. The zero-order valence-electron chi connectivity index (χ0n) is 15.5. The second kappa shape index (κ2) is 6.95. The van der Waals surface area contributed by atoms with Crippen LogP contribution < -0.4 is 5.32 Å². The predicted octanol–water partition coefficient (Wildman–Crippen LogP) is 2.32. The zero-order chi connectivity index (χ0) is 18.1. The molecule has 8 heteroatoms. The molecule has 8 nitrogen and oxygen atoms in total. The van der Waals surface area contributed by atoms with Crippen molar-refractivity contribution in [2.45, 2.75) is 52.5 Å². The van der Waals surface area contributed by atoms with Gasteiger partial charge in [0.15, 0.2) is 5.82 Å². The van der Waals surface area contributed by atoms with Crippen molar-refractivity contribution < 1.29 is 9.32 Å². The van der Waals surface area contributed by atoms with Crippen LogP contribution in [0, 0.1) is 13.8 Å². The first-order valence-electron chi connectivity index (χ1n) is 8.74. The number of nitrogens with zero attached hydrogens (tertiary/aromatic N) is 5. The fraction of sp³-hybridized carbons (Fsp3) is 0.647. The summed E-state index contributed by atoms with van der Waals surface area (Å²) in [6.07, 6.45) is 1.96. The highest BCUT2D eigenvalue weighted by Gasteiger charge is 2.31. The van der Waals surface area contributed by atoms with Crippen molar-refractivity contribution in [2.75, 3.05) is 18.4 Å². The Bertz CT molecular complexity index is 763. The average molecular weight is 346 g/mol. The van der Waals surface area contributed by atoms with Crippen LogP contribution in [-0.4, -0.2) is 43.8 Å². The zero-order valence-corrected chi connectivity index (χ0v) is 15.5. The molecule has 1 unspecified atom stereocenters. The Morgan fingerprint density at radius 3 is 2.76 bits per heavy atom. The lowest BCUT2D eigenvalue weighted by Crippen LogP contribution is -2.33. The van der Waals surface area contributed by atoms with Gasteiger partial charge in [-0.3, -0.25) is 14.4 Å². The molecule has 0 bridgehead atoms. The Balaban J connectivity index is 1.67. The summed E-state index contributed by atoms with van der Waals surface area (Å²) in [5, 5.41) is 11.4. The first-order valence-corrected chi connectivity index (χ1v) is 8.74. The number of aromatic nitrogens is 4. The molecule has 2 aromatic heterocycles. The molecule has 1 saturated heterocycles. The molecule has 1 amide bonds. The topological polar surface area (TPSA) is 89.1 Å². The van der Waals surface area contributed by atoms with Crippen LogP contribution in [0.4, 0.5) is 5.69 Å². The lowest BCUT2D eigenvalue weighted by molar-refractivity contribution is -0.117. The summed E-state index contributed by atoms with van der Waals surface area (Å²) in [5.41, 5.74) is 2.57. The third-order valence-electron chi connectivity index (χ3n) is 4.73. The number of carbonyl (C=O) groups excluding carboxylic acids is 1. The second-order valence-electron chi connectivity index (χ2n) is 6.99. The van der Waals surface area contributed by atoms with E-state index in [1.165, 1.54) is 0 Å². The fourth-order valence-electron chi connectivity index (χ4n) is 3.24. The largest absolute Gasteiger partial charge is 0.339 e. The minimum Gasteiger partial charge on any atom is -0.339 e. The van der Waals surface area contributed by atoms with Crippen molar-refractivity contribution in [3.8, 4) is 0 Å². The number of aryl methyl sites for hydroxylation is 2. The van der Waals surface area contributed by atoms with E-state index in [-0.39, 0.29) is 17.9 Å². The maximum Gasteiger partial charge on any atom is 0.238 e. The van der Waals surface area contributed by atoms with Crippen LogP contribution in [0.5, 0.6) is 0 Å². The number of hydrogen-bond donors (Lipinski definition) is 1. The Kier molecular flexibility index (Phi) is 4.89. The van der Waals surface area contributed by atoms with Gasteiger partial charge in [0.25, 0.3) is 0 Å². The minimum atomic E-state index is -0.0429. The van der Waals surface area contributed by atoms with Gasteiger partial charge in [-0.1, -0.05) is 19.0 Å². The maximum absolute atomic E-state index is 12.5. The number of carbonyl (C=O) groups is 1. The molecule has 1 aliphatic heterocycles.